The van der Waals surface area contributed by atoms with Crippen LogP contribution in [-0.4, -0.2) is 56.5 Å². The van der Waals surface area contributed by atoms with E-state index in [1.165, 1.54) is 0 Å². The lowest BCUT2D eigenvalue weighted by atomic mass is 9.70. The molecule has 1 aliphatic rings. The van der Waals surface area contributed by atoms with E-state index >= 15 is 0 Å². The van der Waals surface area contributed by atoms with Gasteiger partial charge in [-0.1, -0.05) is 30.3 Å². The van der Waals surface area contributed by atoms with E-state index in [1.807, 2.05) is 18.2 Å². The van der Waals surface area contributed by atoms with Gasteiger partial charge in [-0.2, -0.15) is 0 Å². The van der Waals surface area contributed by atoms with Gasteiger partial charge in [-0.25, -0.2) is 0 Å². The highest BCUT2D eigenvalue weighted by Crippen LogP contribution is 2.36. The van der Waals surface area contributed by atoms with E-state index in [2.05, 4.69) is 22.3 Å². The van der Waals surface area contributed by atoms with Crippen molar-refractivity contribution in [2.45, 2.75) is 31.6 Å². The quantitative estimate of drug-likeness (QED) is 0.737. The average Bonchev–Trinajstić information content (AvgIpc) is 2.61. The number of carbonyl (C=O) groups is 2. The summed E-state index contributed by atoms with van der Waals surface area (Å²) >= 11 is 0. The first-order chi connectivity index (χ1) is 11.6. The first kappa shape index (κ1) is 18.6. The lowest BCUT2D eigenvalue weighted by Crippen LogP contribution is -2.47. The third-order valence-electron chi connectivity index (χ3n) is 4.99. The second-order valence-electron chi connectivity index (χ2n) is 6.44. The Morgan fingerprint density at radius 2 is 1.88 bits per heavy atom. The number of amides is 1. The van der Waals surface area contributed by atoms with Crippen LogP contribution in [0.3, 0.4) is 0 Å². The molecule has 1 heterocycles. The lowest BCUT2D eigenvalue weighted by molar-refractivity contribution is -0.125. The zero-order valence-electron chi connectivity index (χ0n) is 14.7. The molecule has 0 atom stereocenters. The fourth-order valence-corrected chi connectivity index (χ4v) is 3.40. The van der Waals surface area contributed by atoms with Crippen LogP contribution in [0.5, 0.6) is 0 Å². The van der Waals surface area contributed by atoms with Gasteiger partial charge < -0.3 is 15.0 Å². The normalized spacial score (nSPS) is 17.4. The standard InChI is InChI=1S/C19H28N2O3/c1-16(22)19(17-6-4-3-5-7-17)9-13-21(14-10-19)12-8-18(23)20-11-15-24-2/h3-7H,8-15H2,1-2H3,(H,20,23). The highest BCUT2D eigenvalue weighted by Gasteiger charge is 2.40. The van der Waals surface area contributed by atoms with E-state index < -0.39 is 0 Å². The number of methoxy groups -OCH3 is 1. The molecule has 1 aromatic rings. The van der Waals surface area contributed by atoms with Crippen molar-refractivity contribution in [1.29, 1.82) is 0 Å². The third kappa shape index (κ3) is 4.65. The van der Waals surface area contributed by atoms with E-state index in [0.29, 0.717) is 19.6 Å². The molecule has 1 fully saturated rings. The van der Waals surface area contributed by atoms with Crippen molar-refractivity contribution in [2.75, 3.05) is 39.9 Å². The smallest absolute Gasteiger partial charge is 0.221 e. The Labute approximate surface area is 144 Å². The largest absolute Gasteiger partial charge is 0.383 e. The summed E-state index contributed by atoms with van der Waals surface area (Å²) in [6.45, 7) is 5.22. The maximum atomic E-state index is 12.3. The Morgan fingerprint density at radius 1 is 1.21 bits per heavy atom. The van der Waals surface area contributed by atoms with Gasteiger partial charge in [0.1, 0.15) is 5.78 Å². The molecule has 24 heavy (non-hydrogen) atoms. The molecule has 2 rings (SSSR count). The summed E-state index contributed by atoms with van der Waals surface area (Å²) in [5.41, 5.74) is 0.757. The number of Topliss-reactive ketones (excluding diaryl/α,β-unsaturated/α-hetero) is 1. The Hall–Kier alpha value is -1.72. The predicted molar refractivity (Wildman–Crippen MR) is 94.0 cm³/mol. The first-order valence-corrected chi connectivity index (χ1v) is 8.63. The van der Waals surface area contributed by atoms with Gasteiger partial charge in [-0.3, -0.25) is 9.59 Å². The molecule has 0 spiro atoms. The third-order valence-corrected chi connectivity index (χ3v) is 4.99. The Balaban J connectivity index is 1.85. The minimum absolute atomic E-state index is 0.0542. The number of nitrogens with one attached hydrogen (secondary N) is 1. The summed E-state index contributed by atoms with van der Waals surface area (Å²) in [6, 6.07) is 10.1. The molecular weight excluding hydrogens is 304 g/mol. The number of hydrogen-bond donors (Lipinski definition) is 1. The molecule has 0 aliphatic carbocycles. The average molecular weight is 332 g/mol. The zero-order valence-corrected chi connectivity index (χ0v) is 14.7. The molecule has 5 heteroatoms. The molecule has 0 radical (unpaired) electrons. The van der Waals surface area contributed by atoms with Crippen LogP contribution in [0.2, 0.25) is 0 Å². The maximum Gasteiger partial charge on any atom is 0.221 e. The number of piperidine rings is 1. The fraction of sp³-hybridized carbons (Fsp3) is 0.579. The van der Waals surface area contributed by atoms with Crippen LogP contribution in [0.4, 0.5) is 0 Å². The van der Waals surface area contributed by atoms with Gasteiger partial charge in [-0.05, 0) is 38.4 Å². The minimum atomic E-state index is -0.363. The van der Waals surface area contributed by atoms with Crippen LogP contribution in [0, 0.1) is 0 Å². The maximum absolute atomic E-state index is 12.3. The highest BCUT2D eigenvalue weighted by molar-refractivity contribution is 5.88. The van der Waals surface area contributed by atoms with E-state index in [0.717, 1.165) is 38.0 Å². The molecule has 0 unspecified atom stereocenters. The van der Waals surface area contributed by atoms with Crippen molar-refractivity contribution in [3.05, 3.63) is 35.9 Å². The first-order valence-electron chi connectivity index (χ1n) is 8.63. The second kappa shape index (κ2) is 8.94. The molecule has 5 nitrogen and oxygen atoms in total. The number of ketones is 1. The summed E-state index contributed by atoms with van der Waals surface area (Å²) in [6.07, 6.45) is 2.12. The molecule has 0 bridgehead atoms. The van der Waals surface area contributed by atoms with Crippen molar-refractivity contribution in [2.24, 2.45) is 0 Å². The lowest BCUT2D eigenvalue weighted by Gasteiger charge is -2.40. The van der Waals surface area contributed by atoms with Crippen molar-refractivity contribution < 1.29 is 14.3 Å². The number of hydrogen-bond acceptors (Lipinski definition) is 4. The number of benzene rings is 1. The SMILES string of the molecule is COCCNC(=O)CCN1CCC(C(C)=O)(c2ccccc2)CC1. The fourth-order valence-electron chi connectivity index (χ4n) is 3.40. The van der Waals surface area contributed by atoms with Gasteiger partial charge in [-0.15, -0.1) is 0 Å². The topological polar surface area (TPSA) is 58.6 Å². The summed E-state index contributed by atoms with van der Waals surface area (Å²) in [5, 5.41) is 2.84. The molecule has 1 saturated heterocycles. The van der Waals surface area contributed by atoms with Crippen LogP contribution < -0.4 is 5.32 Å². The van der Waals surface area contributed by atoms with Crippen LogP contribution in [0.15, 0.2) is 30.3 Å². The second-order valence-corrected chi connectivity index (χ2v) is 6.44. The summed E-state index contributed by atoms with van der Waals surface area (Å²) < 4.78 is 4.92. The van der Waals surface area contributed by atoms with E-state index in [4.69, 9.17) is 4.74 Å². The van der Waals surface area contributed by atoms with Crippen molar-refractivity contribution in [1.82, 2.24) is 10.2 Å². The molecule has 0 aromatic heterocycles. The Morgan fingerprint density at radius 3 is 2.46 bits per heavy atom. The van der Waals surface area contributed by atoms with Crippen LogP contribution in [0.25, 0.3) is 0 Å². The molecule has 0 saturated carbocycles. The van der Waals surface area contributed by atoms with E-state index in [1.54, 1.807) is 14.0 Å². The van der Waals surface area contributed by atoms with Crippen LogP contribution in [-0.2, 0) is 19.7 Å². The van der Waals surface area contributed by atoms with Crippen molar-refractivity contribution in [3.63, 3.8) is 0 Å². The number of ether oxygens (including phenoxy) is 1. The number of carbonyl (C=O) groups excluding carboxylic acids is 2. The number of rotatable bonds is 8. The summed E-state index contributed by atoms with van der Waals surface area (Å²) in [4.78, 5) is 26.4. The molecule has 1 aromatic carbocycles. The Kier molecular flexibility index (Phi) is 6.94. The number of nitrogens with zero attached hydrogens (tertiary/aromatic N) is 1. The summed E-state index contributed by atoms with van der Waals surface area (Å²) in [5.74, 6) is 0.296. The van der Waals surface area contributed by atoms with Gasteiger partial charge in [0.05, 0.1) is 12.0 Å². The van der Waals surface area contributed by atoms with Gasteiger partial charge in [0.2, 0.25) is 5.91 Å². The van der Waals surface area contributed by atoms with Gasteiger partial charge in [0, 0.05) is 26.6 Å². The molecule has 1 N–H and O–H groups in total. The molecule has 1 aliphatic heterocycles. The zero-order chi connectivity index (χ0) is 17.4. The summed E-state index contributed by atoms with van der Waals surface area (Å²) in [7, 11) is 1.62. The van der Waals surface area contributed by atoms with E-state index in [-0.39, 0.29) is 17.1 Å². The van der Waals surface area contributed by atoms with Crippen LogP contribution >= 0.6 is 0 Å². The monoisotopic (exact) mass is 332 g/mol. The number of likely N-dealkylation sites (tertiary alicyclic amines) is 1. The minimum Gasteiger partial charge on any atom is -0.383 e. The molecule has 132 valence electrons. The molecule has 1 amide bonds. The van der Waals surface area contributed by atoms with Gasteiger partial charge in [0.25, 0.3) is 0 Å². The van der Waals surface area contributed by atoms with Gasteiger partial charge in [0.15, 0.2) is 0 Å². The van der Waals surface area contributed by atoms with Gasteiger partial charge >= 0.3 is 0 Å². The molecular formula is C19H28N2O3. The Bertz CT molecular complexity index is 537. The highest BCUT2D eigenvalue weighted by atomic mass is 16.5. The van der Waals surface area contributed by atoms with E-state index in [9.17, 15) is 9.59 Å². The van der Waals surface area contributed by atoms with Crippen LogP contribution in [0.1, 0.15) is 31.7 Å². The van der Waals surface area contributed by atoms with Crippen molar-refractivity contribution in [3.8, 4) is 0 Å². The predicted octanol–water partition coefficient (Wildman–Crippen LogP) is 1.76. The van der Waals surface area contributed by atoms with Crippen molar-refractivity contribution >= 4 is 11.7 Å².